The van der Waals surface area contributed by atoms with Gasteiger partial charge in [0.25, 0.3) is 0 Å². The summed E-state index contributed by atoms with van der Waals surface area (Å²) < 4.78 is 22.6. The van der Waals surface area contributed by atoms with Crippen LogP contribution < -0.4 is 19.5 Å². The fourth-order valence-corrected chi connectivity index (χ4v) is 4.10. The minimum Gasteiger partial charge on any atom is -0.460 e. The number of hydrogen-bond acceptors (Lipinski definition) is 8. The van der Waals surface area contributed by atoms with E-state index in [2.05, 4.69) is 62.6 Å². The minimum absolute atomic E-state index is 0.0735. The van der Waals surface area contributed by atoms with E-state index in [0.717, 1.165) is 11.1 Å². The van der Waals surface area contributed by atoms with E-state index in [-0.39, 0.29) is 50.0 Å². The van der Waals surface area contributed by atoms with Crippen molar-refractivity contribution in [1.82, 2.24) is 25.2 Å². The first-order valence-corrected chi connectivity index (χ1v) is 12.7. The molecule has 4 rings (SSSR count). The Kier molecular flexibility index (Phi) is 10.00. The lowest BCUT2D eigenvalue weighted by atomic mass is 9.99. The van der Waals surface area contributed by atoms with Crippen LogP contribution in [0.3, 0.4) is 0 Å². The Labute approximate surface area is 228 Å². The van der Waals surface area contributed by atoms with E-state index in [0.29, 0.717) is 24.8 Å². The average molecular weight is 534 g/mol. The fraction of sp³-hybridized carbons (Fsp3) is 0.286. The molecule has 198 valence electrons. The molecule has 1 atom stereocenters. The molecule has 3 aromatic rings. The predicted molar refractivity (Wildman–Crippen MR) is 148 cm³/mol. The largest absolute Gasteiger partial charge is 0.460 e. The van der Waals surface area contributed by atoms with Crippen LogP contribution >= 0.6 is 12.2 Å². The van der Waals surface area contributed by atoms with Crippen LogP contribution in [0, 0.1) is 0 Å². The van der Waals surface area contributed by atoms with Gasteiger partial charge >= 0.3 is 18.0 Å². The minimum atomic E-state index is -0.248. The standard InChI is InChI=1S/C28H31N5O4S/c1-3-16-35-25-30-26(36-17-4-2)32-27(31-25)37-20-23-19-33(15-18-34-23)28(38)29-24(21-11-7-5-8-12-21)22-13-9-6-10-14-22/h3-14,23-24H,1-2,15-20H2,(H,29,38). The van der Waals surface area contributed by atoms with Gasteiger partial charge in [0, 0.05) is 13.1 Å². The highest BCUT2D eigenvalue weighted by Gasteiger charge is 2.25. The summed E-state index contributed by atoms with van der Waals surface area (Å²) in [4.78, 5) is 14.6. The summed E-state index contributed by atoms with van der Waals surface area (Å²) in [5.41, 5.74) is 2.26. The third-order valence-corrected chi connectivity index (χ3v) is 5.97. The second-order valence-electron chi connectivity index (χ2n) is 8.34. The molecule has 1 fully saturated rings. The van der Waals surface area contributed by atoms with Crippen molar-refractivity contribution in [3.05, 3.63) is 97.1 Å². The highest BCUT2D eigenvalue weighted by Crippen LogP contribution is 2.23. The molecular formula is C28H31N5O4S. The summed E-state index contributed by atoms with van der Waals surface area (Å²) in [6.07, 6.45) is 2.94. The normalized spacial score (nSPS) is 15.0. The van der Waals surface area contributed by atoms with Gasteiger partial charge < -0.3 is 29.2 Å². The maximum Gasteiger partial charge on any atom is 0.326 e. The molecule has 1 N–H and O–H groups in total. The van der Waals surface area contributed by atoms with Crippen LogP contribution in [0.5, 0.6) is 18.0 Å². The molecule has 0 spiro atoms. The predicted octanol–water partition coefficient (Wildman–Crippen LogP) is 3.74. The zero-order valence-electron chi connectivity index (χ0n) is 21.1. The lowest BCUT2D eigenvalue weighted by molar-refractivity contribution is -0.0306. The monoisotopic (exact) mass is 533 g/mol. The molecule has 0 saturated carbocycles. The number of thiocarbonyl (C=S) groups is 1. The number of hydrogen-bond donors (Lipinski definition) is 1. The first-order valence-electron chi connectivity index (χ1n) is 12.3. The van der Waals surface area contributed by atoms with Gasteiger partial charge in [-0.15, -0.1) is 15.0 Å². The Morgan fingerprint density at radius 1 is 0.921 bits per heavy atom. The Balaban J connectivity index is 1.39. The van der Waals surface area contributed by atoms with Crippen molar-refractivity contribution in [2.45, 2.75) is 12.1 Å². The Morgan fingerprint density at radius 3 is 1.97 bits per heavy atom. The summed E-state index contributed by atoms with van der Waals surface area (Å²) in [5, 5.41) is 4.20. The molecule has 9 nitrogen and oxygen atoms in total. The van der Waals surface area contributed by atoms with E-state index < -0.39 is 0 Å². The quantitative estimate of drug-likeness (QED) is 0.274. The van der Waals surface area contributed by atoms with Crippen molar-refractivity contribution >= 4 is 17.3 Å². The molecule has 1 aliphatic heterocycles. The molecule has 38 heavy (non-hydrogen) atoms. The third kappa shape index (κ3) is 7.74. The SMILES string of the molecule is C=CCOc1nc(OCC=C)nc(OCC2CN(C(=S)NC(c3ccccc3)c3ccccc3)CCO2)n1. The number of aromatic nitrogens is 3. The van der Waals surface area contributed by atoms with Gasteiger partial charge in [-0.05, 0) is 23.3 Å². The first-order chi connectivity index (χ1) is 18.7. The van der Waals surface area contributed by atoms with Crippen molar-refractivity contribution in [2.75, 3.05) is 39.5 Å². The average Bonchev–Trinajstić information content (AvgIpc) is 2.97. The second-order valence-corrected chi connectivity index (χ2v) is 8.72. The van der Waals surface area contributed by atoms with Crippen molar-refractivity contribution in [3.8, 4) is 18.0 Å². The Hall–Kier alpha value is -4.02. The van der Waals surface area contributed by atoms with Crippen molar-refractivity contribution in [1.29, 1.82) is 0 Å². The van der Waals surface area contributed by atoms with Crippen molar-refractivity contribution < 1.29 is 18.9 Å². The molecular weight excluding hydrogens is 502 g/mol. The van der Waals surface area contributed by atoms with Gasteiger partial charge in [0.2, 0.25) is 0 Å². The number of ether oxygens (including phenoxy) is 4. The zero-order chi connectivity index (χ0) is 26.6. The van der Waals surface area contributed by atoms with Gasteiger partial charge in [0.15, 0.2) is 5.11 Å². The Morgan fingerprint density at radius 2 is 1.45 bits per heavy atom. The van der Waals surface area contributed by atoms with Gasteiger partial charge in [-0.2, -0.15) is 0 Å². The lowest BCUT2D eigenvalue weighted by Gasteiger charge is -2.36. The van der Waals surface area contributed by atoms with E-state index in [1.165, 1.54) is 0 Å². The molecule has 2 aromatic carbocycles. The zero-order valence-corrected chi connectivity index (χ0v) is 21.9. The maximum atomic E-state index is 5.93. The van der Waals surface area contributed by atoms with Crippen LogP contribution in [-0.2, 0) is 4.74 Å². The van der Waals surface area contributed by atoms with E-state index in [1.807, 2.05) is 36.4 Å². The second kappa shape index (κ2) is 14.1. The third-order valence-electron chi connectivity index (χ3n) is 5.59. The molecule has 2 heterocycles. The molecule has 0 radical (unpaired) electrons. The Bertz CT molecular complexity index is 1130. The van der Waals surface area contributed by atoms with Crippen LogP contribution in [0.15, 0.2) is 86.0 Å². The highest BCUT2D eigenvalue weighted by atomic mass is 32.1. The van der Waals surface area contributed by atoms with Crippen LogP contribution in [0.25, 0.3) is 0 Å². The number of benzene rings is 2. The summed E-state index contributed by atoms with van der Waals surface area (Å²) in [6.45, 7) is 9.68. The number of nitrogens with one attached hydrogen (secondary N) is 1. The van der Waals surface area contributed by atoms with Crippen LogP contribution in [0.4, 0.5) is 0 Å². The van der Waals surface area contributed by atoms with Crippen LogP contribution in [0.1, 0.15) is 17.2 Å². The van der Waals surface area contributed by atoms with Gasteiger partial charge in [0.05, 0.1) is 12.6 Å². The summed E-state index contributed by atoms with van der Waals surface area (Å²) in [7, 11) is 0. The van der Waals surface area contributed by atoms with Crippen LogP contribution in [0.2, 0.25) is 0 Å². The molecule has 1 saturated heterocycles. The molecule has 0 aliphatic carbocycles. The molecule has 0 bridgehead atoms. The first kappa shape index (κ1) is 27.0. The van der Waals surface area contributed by atoms with E-state index >= 15 is 0 Å². The summed E-state index contributed by atoms with van der Waals surface area (Å²) >= 11 is 5.83. The van der Waals surface area contributed by atoms with E-state index in [9.17, 15) is 0 Å². The topological polar surface area (TPSA) is 90.9 Å². The summed E-state index contributed by atoms with van der Waals surface area (Å²) in [5.74, 6) is 0. The van der Waals surface area contributed by atoms with Crippen LogP contribution in [-0.4, -0.2) is 70.6 Å². The number of nitrogens with zero attached hydrogens (tertiary/aromatic N) is 4. The lowest BCUT2D eigenvalue weighted by Crippen LogP contribution is -2.51. The van der Waals surface area contributed by atoms with E-state index in [1.54, 1.807) is 12.2 Å². The van der Waals surface area contributed by atoms with Crippen molar-refractivity contribution in [3.63, 3.8) is 0 Å². The van der Waals surface area contributed by atoms with Gasteiger partial charge in [-0.3, -0.25) is 0 Å². The van der Waals surface area contributed by atoms with Gasteiger partial charge in [-0.1, -0.05) is 86.0 Å². The molecule has 10 heteroatoms. The summed E-state index contributed by atoms with van der Waals surface area (Å²) in [6, 6.07) is 20.7. The van der Waals surface area contributed by atoms with Crippen molar-refractivity contribution in [2.24, 2.45) is 0 Å². The number of rotatable bonds is 12. The molecule has 1 unspecified atom stereocenters. The fourth-order valence-electron chi connectivity index (χ4n) is 3.82. The van der Waals surface area contributed by atoms with Gasteiger partial charge in [0.1, 0.15) is 25.9 Å². The maximum absolute atomic E-state index is 5.93. The molecule has 1 aromatic heterocycles. The molecule has 0 amide bonds. The van der Waals surface area contributed by atoms with Gasteiger partial charge in [-0.25, -0.2) is 0 Å². The number of morpholine rings is 1. The smallest absolute Gasteiger partial charge is 0.326 e. The van der Waals surface area contributed by atoms with E-state index in [4.69, 9.17) is 31.2 Å². The highest BCUT2D eigenvalue weighted by molar-refractivity contribution is 7.80. The molecule has 1 aliphatic rings.